The fourth-order valence-electron chi connectivity index (χ4n) is 0.390. The molecule has 0 N–H and O–H groups in total. The van der Waals surface area contributed by atoms with Crippen LogP contribution in [0, 0.1) is 10.0 Å². The van der Waals surface area contributed by atoms with Crippen molar-refractivity contribution < 1.29 is 14.3 Å². The number of hydrogen-bond donors (Lipinski definition) is 0. The fraction of sp³-hybridized carbons (Fsp3) is 0.571. The van der Waals surface area contributed by atoms with E-state index in [-0.39, 0.29) is 0 Å². The summed E-state index contributed by atoms with van der Waals surface area (Å²) >= 11 is 1.77. The topological polar surface area (TPSA) is 35.5 Å². The molecule has 0 aromatic carbocycles. The largest absolute Gasteiger partial charge is 0.522 e. The van der Waals surface area contributed by atoms with Gasteiger partial charge in [0.05, 0.1) is 6.61 Å². The molecule has 0 bridgehead atoms. The van der Waals surface area contributed by atoms with Gasteiger partial charge in [-0.1, -0.05) is 13.3 Å². The Bertz CT molecular complexity index is 168. The molecular weight excluding hydrogens is 259 g/mol. The molecule has 0 spiro atoms. The number of hydrogen-bond acceptors (Lipinski definition) is 3. The summed E-state index contributed by atoms with van der Waals surface area (Å²) in [6.45, 7) is 2.41. The predicted molar refractivity (Wildman–Crippen MR) is 49.1 cm³/mol. The van der Waals surface area contributed by atoms with Crippen LogP contribution in [0.5, 0.6) is 0 Å². The van der Waals surface area contributed by atoms with E-state index in [0.29, 0.717) is 6.61 Å². The Kier molecular flexibility index (Phi) is 7.36. The van der Waals surface area contributed by atoms with Gasteiger partial charge in [0.2, 0.25) is 0 Å². The molecule has 0 saturated carbocycles. The fourth-order valence-corrected chi connectivity index (χ4v) is 0.500. The number of rotatable bonds is 3. The van der Waals surface area contributed by atoms with Crippen LogP contribution in [0.25, 0.3) is 0 Å². The third kappa shape index (κ3) is 7.46. The van der Waals surface area contributed by atoms with Gasteiger partial charge in [0.15, 0.2) is 0 Å². The van der Waals surface area contributed by atoms with Gasteiger partial charge in [-0.2, -0.15) is 0 Å². The minimum atomic E-state index is -0.720. The van der Waals surface area contributed by atoms with Gasteiger partial charge in [0.1, 0.15) is 6.11 Å². The molecule has 0 aliphatic heterocycles. The highest BCUT2D eigenvalue weighted by molar-refractivity contribution is 14.1. The number of ether oxygens (including phenoxy) is 2. The molecule has 0 heterocycles. The van der Waals surface area contributed by atoms with Crippen molar-refractivity contribution >= 4 is 28.7 Å². The smallest absolute Gasteiger partial charge is 0.433 e. The van der Waals surface area contributed by atoms with Crippen LogP contribution in [0.2, 0.25) is 0 Å². The summed E-state index contributed by atoms with van der Waals surface area (Å²) < 4.78 is 11.3. The van der Waals surface area contributed by atoms with Crippen molar-refractivity contribution in [2.45, 2.75) is 19.8 Å². The van der Waals surface area contributed by atoms with E-state index >= 15 is 0 Å². The van der Waals surface area contributed by atoms with E-state index < -0.39 is 6.16 Å². The van der Waals surface area contributed by atoms with Crippen LogP contribution in [0.1, 0.15) is 19.8 Å². The van der Waals surface area contributed by atoms with E-state index in [1.54, 1.807) is 22.6 Å². The van der Waals surface area contributed by atoms with Gasteiger partial charge in [-0.3, -0.25) is 0 Å². The lowest BCUT2D eigenvalue weighted by Crippen LogP contribution is -2.04. The average molecular weight is 268 g/mol. The zero-order valence-corrected chi connectivity index (χ0v) is 8.38. The van der Waals surface area contributed by atoms with Gasteiger partial charge < -0.3 is 9.47 Å². The van der Waals surface area contributed by atoms with E-state index in [1.165, 1.54) is 0 Å². The van der Waals surface area contributed by atoms with Gasteiger partial charge in [-0.05, 0) is 6.42 Å². The molecule has 4 heteroatoms. The molecule has 0 amide bonds. The van der Waals surface area contributed by atoms with Crippen molar-refractivity contribution in [2.24, 2.45) is 0 Å². The molecule has 0 fully saturated rings. The zero-order chi connectivity index (χ0) is 8.53. The summed E-state index contributed by atoms with van der Waals surface area (Å²) in [6.07, 6.45) is 3.26. The van der Waals surface area contributed by atoms with Gasteiger partial charge in [-0.15, -0.1) is 0 Å². The molecular formula is C7H9IO3. The highest BCUT2D eigenvalue weighted by atomic mass is 127. The first-order valence-corrected chi connectivity index (χ1v) is 4.33. The van der Waals surface area contributed by atoms with E-state index in [2.05, 4.69) is 19.5 Å². The van der Waals surface area contributed by atoms with Crippen molar-refractivity contribution in [1.29, 1.82) is 0 Å². The third-order valence-electron chi connectivity index (χ3n) is 0.891. The first-order chi connectivity index (χ1) is 5.31. The van der Waals surface area contributed by atoms with Crippen molar-refractivity contribution in [3.8, 4) is 10.0 Å². The normalized spacial score (nSPS) is 7.82. The van der Waals surface area contributed by atoms with Crippen molar-refractivity contribution in [3.05, 3.63) is 0 Å². The second-order valence-electron chi connectivity index (χ2n) is 1.75. The van der Waals surface area contributed by atoms with Gasteiger partial charge in [-0.25, -0.2) is 4.79 Å². The minimum Gasteiger partial charge on any atom is -0.433 e. The Balaban J connectivity index is 3.27. The maximum absolute atomic E-state index is 10.5. The minimum absolute atomic E-state index is 0.401. The Morgan fingerprint density at radius 3 is 2.91 bits per heavy atom. The SMILES string of the molecule is CCCCOC(=O)OC#CI. The highest BCUT2D eigenvalue weighted by Gasteiger charge is 1.99. The van der Waals surface area contributed by atoms with Crippen LogP contribution in [0.3, 0.4) is 0 Å². The van der Waals surface area contributed by atoms with Gasteiger partial charge in [0, 0.05) is 26.5 Å². The summed E-state index contributed by atoms with van der Waals surface area (Å²) in [5, 5.41) is 0. The first-order valence-electron chi connectivity index (χ1n) is 3.25. The van der Waals surface area contributed by atoms with Gasteiger partial charge in [0.25, 0.3) is 0 Å². The van der Waals surface area contributed by atoms with Crippen LogP contribution < -0.4 is 0 Å². The Morgan fingerprint density at radius 2 is 2.36 bits per heavy atom. The first kappa shape index (κ1) is 10.6. The van der Waals surface area contributed by atoms with Crippen molar-refractivity contribution in [2.75, 3.05) is 6.61 Å². The molecule has 0 aliphatic rings. The predicted octanol–water partition coefficient (Wildman–Crippen LogP) is 2.29. The van der Waals surface area contributed by atoms with Crippen molar-refractivity contribution in [1.82, 2.24) is 0 Å². The molecule has 0 rings (SSSR count). The molecule has 11 heavy (non-hydrogen) atoms. The van der Waals surface area contributed by atoms with Crippen LogP contribution in [0.15, 0.2) is 0 Å². The Morgan fingerprint density at radius 1 is 1.64 bits per heavy atom. The molecule has 62 valence electrons. The molecule has 0 saturated heterocycles. The van der Waals surface area contributed by atoms with Gasteiger partial charge >= 0.3 is 6.16 Å². The van der Waals surface area contributed by atoms with E-state index in [1.807, 2.05) is 6.92 Å². The maximum Gasteiger partial charge on any atom is 0.522 e. The second-order valence-corrected chi connectivity index (χ2v) is 2.29. The Labute approximate surface area is 79.6 Å². The third-order valence-corrected chi connectivity index (χ3v) is 1.11. The van der Waals surface area contributed by atoms with E-state index in [0.717, 1.165) is 12.8 Å². The van der Waals surface area contributed by atoms with Crippen LogP contribution in [-0.4, -0.2) is 12.8 Å². The summed E-state index contributed by atoms with van der Waals surface area (Å²) in [5.41, 5.74) is 0. The molecule has 0 aromatic rings. The number of carbonyl (C=O) groups excluding carboxylic acids is 1. The maximum atomic E-state index is 10.5. The lowest BCUT2D eigenvalue weighted by atomic mass is 10.4. The summed E-state index contributed by atoms with van der Waals surface area (Å²) in [5.74, 6) is 0. The number of carbonyl (C=O) groups is 1. The summed E-state index contributed by atoms with van der Waals surface area (Å²) in [6, 6.07) is 0. The number of unbranched alkanes of at least 4 members (excludes halogenated alkanes) is 1. The quantitative estimate of drug-likeness (QED) is 0.341. The lowest BCUT2D eigenvalue weighted by molar-refractivity contribution is 0.0892. The van der Waals surface area contributed by atoms with Crippen LogP contribution >= 0.6 is 22.6 Å². The van der Waals surface area contributed by atoms with Crippen LogP contribution in [-0.2, 0) is 9.47 Å². The van der Waals surface area contributed by atoms with E-state index in [9.17, 15) is 4.79 Å². The highest BCUT2D eigenvalue weighted by Crippen LogP contribution is 1.90. The van der Waals surface area contributed by atoms with Crippen molar-refractivity contribution in [3.63, 3.8) is 0 Å². The molecule has 0 radical (unpaired) electrons. The van der Waals surface area contributed by atoms with E-state index in [4.69, 9.17) is 0 Å². The molecule has 0 unspecified atom stereocenters. The summed E-state index contributed by atoms with van der Waals surface area (Å²) in [4.78, 5) is 10.5. The molecule has 0 aliphatic carbocycles. The molecule has 0 atom stereocenters. The standard InChI is InChI=1S/C7H9IO3/c1-2-3-5-10-7(9)11-6-4-8/h2-3,5H2,1H3. The van der Waals surface area contributed by atoms with Crippen LogP contribution in [0.4, 0.5) is 4.79 Å². The summed E-state index contributed by atoms with van der Waals surface area (Å²) in [7, 11) is 0. The lowest BCUT2D eigenvalue weighted by Gasteiger charge is -1.98. The monoisotopic (exact) mass is 268 g/mol. The number of halogens is 1. The zero-order valence-electron chi connectivity index (χ0n) is 6.22. The molecule has 0 aromatic heterocycles. The second kappa shape index (κ2) is 7.66. The average Bonchev–Trinajstić information content (AvgIpc) is 2.01. The Hall–Kier alpha value is -0.440. The molecule has 3 nitrogen and oxygen atoms in total.